The summed E-state index contributed by atoms with van der Waals surface area (Å²) in [6, 6.07) is 9.34. The molecule has 2 N–H and O–H groups in total. The average Bonchev–Trinajstić information content (AvgIpc) is 3.92. The summed E-state index contributed by atoms with van der Waals surface area (Å²) in [4.78, 5) is 45.1. The van der Waals surface area contributed by atoms with Crippen LogP contribution < -0.4 is 10.1 Å². The number of hydrogen-bond donors (Lipinski definition) is 2. The number of likely N-dealkylation sites (tertiary alicyclic amines) is 1. The van der Waals surface area contributed by atoms with Gasteiger partial charge in [0, 0.05) is 75.4 Å². The van der Waals surface area contributed by atoms with E-state index in [9.17, 15) is 9.59 Å². The standard InChI is InChI=1S/C34H38N10O4S/c1-21(2)48-28-8-5-23(16-35-28)30-25-15-24(6-7-26(25)39-40-30)38-33(46)34(47-4)11-14-43(19-34)18-29(45)44-12-9-22(10-13-44)32-36-17-27(49-32)31-37-20-42(3)41-31/h5-9,15-17,20-21H,10-14,18-19H2,1-4H3,(H,38,46)(H,39,40)/t34-/m1/s1. The highest BCUT2D eigenvalue weighted by Gasteiger charge is 2.45. The molecule has 1 fully saturated rings. The number of nitrogens with one attached hydrogen (secondary N) is 2. The van der Waals surface area contributed by atoms with Gasteiger partial charge in [-0.25, -0.2) is 15.0 Å². The molecule has 2 aliphatic rings. The van der Waals surface area contributed by atoms with E-state index >= 15 is 0 Å². The molecule has 0 spiro atoms. The maximum absolute atomic E-state index is 13.7. The number of benzene rings is 1. The zero-order chi connectivity index (χ0) is 34.1. The molecule has 0 saturated carbocycles. The molecule has 254 valence electrons. The van der Waals surface area contributed by atoms with Gasteiger partial charge >= 0.3 is 0 Å². The summed E-state index contributed by atoms with van der Waals surface area (Å²) in [5.41, 5.74) is 3.05. The molecule has 2 aliphatic heterocycles. The van der Waals surface area contributed by atoms with E-state index in [1.807, 2.05) is 61.0 Å². The van der Waals surface area contributed by atoms with E-state index < -0.39 is 5.60 Å². The molecule has 0 bridgehead atoms. The van der Waals surface area contributed by atoms with Crippen LogP contribution in [0.2, 0.25) is 0 Å². The predicted octanol–water partition coefficient (Wildman–Crippen LogP) is 4.01. The molecule has 0 aliphatic carbocycles. The Bertz CT molecular complexity index is 2020. The highest BCUT2D eigenvalue weighted by atomic mass is 32.1. The minimum Gasteiger partial charge on any atom is -0.475 e. The number of thiazole rings is 1. The number of rotatable bonds is 10. The van der Waals surface area contributed by atoms with Crippen LogP contribution in [0.3, 0.4) is 0 Å². The van der Waals surface area contributed by atoms with Crippen molar-refractivity contribution < 1.29 is 19.1 Å². The molecule has 0 unspecified atom stereocenters. The molecule has 7 rings (SSSR count). The Labute approximate surface area is 287 Å². The number of ether oxygens (including phenoxy) is 2. The number of aromatic nitrogens is 7. The molecular weight excluding hydrogens is 645 g/mol. The third kappa shape index (κ3) is 6.82. The molecule has 6 heterocycles. The number of anilines is 1. The van der Waals surface area contributed by atoms with Crippen molar-refractivity contribution in [1.29, 1.82) is 0 Å². The van der Waals surface area contributed by atoms with Crippen molar-refractivity contribution >= 4 is 45.3 Å². The summed E-state index contributed by atoms with van der Waals surface area (Å²) in [6.07, 6.45) is 8.48. The second-order valence-corrected chi connectivity index (χ2v) is 13.6. The Hall–Kier alpha value is -4.99. The summed E-state index contributed by atoms with van der Waals surface area (Å²) in [6.45, 7) is 6.13. The first kappa shape index (κ1) is 32.6. The Morgan fingerprint density at radius 2 is 2.00 bits per heavy atom. The minimum atomic E-state index is -1.08. The maximum Gasteiger partial charge on any atom is 0.258 e. The van der Waals surface area contributed by atoms with Gasteiger partial charge in [0.1, 0.15) is 17.0 Å². The number of aromatic amines is 1. The van der Waals surface area contributed by atoms with Crippen LogP contribution in [0.25, 0.3) is 38.4 Å². The maximum atomic E-state index is 13.7. The van der Waals surface area contributed by atoms with Crippen LogP contribution in [-0.4, -0.2) is 108 Å². The average molecular weight is 683 g/mol. The first-order valence-electron chi connectivity index (χ1n) is 16.2. The summed E-state index contributed by atoms with van der Waals surface area (Å²) in [5.74, 6) is 0.981. The number of methoxy groups -OCH3 is 1. The zero-order valence-corrected chi connectivity index (χ0v) is 28.7. The van der Waals surface area contributed by atoms with Gasteiger partial charge < -0.3 is 19.7 Å². The van der Waals surface area contributed by atoms with Crippen molar-refractivity contribution in [3.63, 3.8) is 0 Å². The second kappa shape index (κ2) is 13.5. The molecule has 14 nitrogen and oxygen atoms in total. The third-order valence-corrected chi connectivity index (χ3v) is 9.89. The number of amides is 2. The Morgan fingerprint density at radius 1 is 1.12 bits per heavy atom. The highest BCUT2D eigenvalue weighted by molar-refractivity contribution is 7.16. The zero-order valence-electron chi connectivity index (χ0n) is 27.8. The molecule has 1 aromatic carbocycles. The van der Waals surface area contributed by atoms with E-state index in [0.717, 1.165) is 44.0 Å². The number of nitrogens with zero attached hydrogens (tertiary/aromatic N) is 8. The first-order chi connectivity index (χ1) is 23.7. The molecule has 5 aromatic rings. The molecule has 0 radical (unpaired) electrons. The number of H-pyrrole nitrogens is 1. The van der Waals surface area contributed by atoms with Crippen LogP contribution >= 0.6 is 11.3 Å². The topological polar surface area (TPSA) is 156 Å². The minimum absolute atomic E-state index is 0.0244. The van der Waals surface area contributed by atoms with Crippen LogP contribution in [0.15, 0.2) is 55.1 Å². The van der Waals surface area contributed by atoms with Crippen molar-refractivity contribution in [3.05, 3.63) is 60.1 Å². The SMILES string of the molecule is CO[C@]1(C(=O)Nc2ccc3[nH]nc(-c4ccc(OC(C)C)nc4)c3c2)CCN(CC(=O)N2CC=C(c3ncc(-c4ncn(C)n4)s3)CC2)C1. The fourth-order valence-corrected chi connectivity index (χ4v) is 7.11. The van der Waals surface area contributed by atoms with Gasteiger partial charge in [-0.15, -0.1) is 11.3 Å². The van der Waals surface area contributed by atoms with Gasteiger partial charge in [-0.2, -0.15) is 10.2 Å². The van der Waals surface area contributed by atoms with Crippen molar-refractivity contribution in [2.75, 3.05) is 45.2 Å². The predicted molar refractivity (Wildman–Crippen MR) is 186 cm³/mol. The summed E-state index contributed by atoms with van der Waals surface area (Å²) < 4.78 is 13.2. The second-order valence-electron chi connectivity index (χ2n) is 12.6. The van der Waals surface area contributed by atoms with Crippen molar-refractivity contribution in [2.24, 2.45) is 7.05 Å². The normalized spacial score (nSPS) is 18.3. The van der Waals surface area contributed by atoms with Gasteiger partial charge in [-0.3, -0.25) is 24.3 Å². The van der Waals surface area contributed by atoms with Crippen LogP contribution in [0, 0.1) is 0 Å². The van der Waals surface area contributed by atoms with Crippen molar-refractivity contribution in [1.82, 2.24) is 44.7 Å². The number of fused-ring (bicyclic) bond motifs is 1. The summed E-state index contributed by atoms with van der Waals surface area (Å²) in [5, 5.41) is 16.7. The molecular formula is C34H38N10O4S. The first-order valence-corrected chi connectivity index (χ1v) is 17.0. The van der Waals surface area contributed by atoms with Gasteiger partial charge in [-0.1, -0.05) is 6.08 Å². The van der Waals surface area contributed by atoms with Gasteiger partial charge in [0.2, 0.25) is 11.8 Å². The van der Waals surface area contributed by atoms with E-state index in [2.05, 4.69) is 41.6 Å². The van der Waals surface area contributed by atoms with E-state index in [1.165, 1.54) is 0 Å². The van der Waals surface area contributed by atoms with E-state index in [4.69, 9.17) is 9.47 Å². The lowest BCUT2D eigenvalue weighted by atomic mass is 10.0. The molecule has 1 saturated heterocycles. The van der Waals surface area contributed by atoms with Crippen LogP contribution in [0.5, 0.6) is 5.88 Å². The fourth-order valence-electron chi connectivity index (χ4n) is 6.19. The largest absolute Gasteiger partial charge is 0.475 e. The van der Waals surface area contributed by atoms with Crippen LogP contribution in [0.1, 0.15) is 31.7 Å². The van der Waals surface area contributed by atoms with Gasteiger partial charge in [0.15, 0.2) is 11.4 Å². The molecule has 1 atom stereocenters. The van der Waals surface area contributed by atoms with E-state index in [-0.39, 0.29) is 24.5 Å². The Balaban J connectivity index is 0.962. The molecule has 15 heteroatoms. The number of pyridine rings is 1. The molecule has 2 amide bonds. The van der Waals surface area contributed by atoms with Gasteiger partial charge in [0.25, 0.3) is 5.91 Å². The van der Waals surface area contributed by atoms with Crippen LogP contribution in [0.4, 0.5) is 5.69 Å². The monoisotopic (exact) mass is 682 g/mol. The lowest BCUT2D eigenvalue weighted by Gasteiger charge is -2.29. The number of hydrogen-bond acceptors (Lipinski definition) is 11. The lowest BCUT2D eigenvalue weighted by Crippen LogP contribution is -2.48. The number of aryl methyl sites for hydroxylation is 1. The number of carbonyl (C=O) groups is 2. The van der Waals surface area contributed by atoms with E-state index in [1.54, 1.807) is 41.8 Å². The summed E-state index contributed by atoms with van der Waals surface area (Å²) >= 11 is 1.56. The van der Waals surface area contributed by atoms with Crippen LogP contribution in [-0.2, 0) is 21.4 Å². The quantitative estimate of drug-likeness (QED) is 0.221. The summed E-state index contributed by atoms with van der Waals surface area (Å²) in [7, 11) is 3.38. The molecule has 4 aromatic heterocycles. The lowest BCUT2D eigenvalue weighted by molar-refractivity contribution is -0.138. The van der Waals surface area contributed by atoms with Crippen molar-refractivity contribution in [2.45, 2.75) is 38.4 Å². The Morgan fingerprint density at radius 3 is 2.71 bits per heavy atom. The van der Waals surface area contributed by atoms with E-state index in [0.29, 0.717) is 50.0 Å². The highest BCUT2D eigenvalue weighted by Crippen LogP contribution is 2.33. The fraction of sp³-hybridized carbons (Fsp3) is 0.382. The smallest absolute Gasteiger partial charge is 0.258 e. The third-order valence-electron chi connectivity index (χ3n) is 8.82. The van der Waals surface area contributed by atoms with Gasteiger partial charge in [0.05, 0.1) is 23.0 Å². The van der Waals surface area contributed by atoms with Crippen molar-refractivity contribution in [3.8, 4) is 27.8 Å². The number of carbonyl (C=O) groups excluding carboxylic acids is 2. The Kier molecular flexibility index (Phi) is 8.96. The van der Waals surface area contributed by atoms with Gasteiger partial charge in [-0.05, 0) is 56.5 Å². The molecule has 49 heavy (non-hydrogen) atoms.